The quantitative estimate of drug-likeness (QED) is 0.470. The normalized spacial score (nSPS) is 12.9. The van der Waals surface area contributed by atoms with E-state index in [1.54, 1.807) is 0 Å². The van der Waals surface area contributed by atoms with Crippen molar-refractivity contribution in [2.75, 3.05) is 0 Å². The average molecular weight is 330 g/mol. The second-order valence-corrected chi connectivity index (χ2v) is 5.37. The van der Waals surface area contributed by atoms with Crippen LogP contribution in [0.4, 0.5) is 0 Å². The lowest BCUT2D eigenvalue weighted by Crippen LogP contribution is -1.97. The number of rotatable bonds is 3. The zero-order chi connectivity index (χ0) is 11.6. The molecular formula is C11H12BrCl3. The first-order valence-corrected chi connectivity index (χ1v) is 6.83. The molecule has 0 aliphatic carbocycles. The summed E-state index contributed by atoms with van der Waals surface area (Å²) in [5.41, 5.74) is 1.91. The summed E-state index contributed by atoms with van der Waals surface area (Å²) in [5.74, 6) is 0.744. The predicted octanol–water partition coefficient (Wildman–Crippen LogP) is 6.01. The van der Waals surface area contributed by atoms with Crippen molar-refractivity contribution in [3.05, 3.63) is 31.7 Å². The summed E-state index contributed by atoms with van der Waals surface area (Å²) < 4.78 is 0.861. The molecule has 0 aromatic heterocycles. The summed E-state index contributed by atoms with van der Waals surface area (Å²) >= 11 is 21.6. The average Bonchev–Trinajstić information content (AvgIpc) is 2.23. The fourth-order valence-corrected chi connectivity index (χ4v) is 2.93. The first-order valence-electron chi connectivity index (χ1n) is 4.75. The van der Waals surface area contributed by atoms with E-state index in [1.807, 2.05) is 6.07 Å². The van der Waals surface area contributed by atoms with Crippen LogP contribution in [0.3, 0.4) is 0 Å². The molecule has 0 aliphatic rings. The largest absolute Gasteiger partial charge is 0.121 e. The number of benzene rings is 1. The van der Waals surface area contributed by atoms with Crippen LogP contribution >= 0.6 is 50.7 Å². The van der Waals surface area contributed by atoms with Gasteiger partial charge in [0.05, 0.1) is 15.9 Å². The van der Waals surface area contributed by atoms with Gasteiger partial charge >= 0.3 is 0 Å². The SMILES string of the molecule is CCC(C)c1cc(Br)c(Cl)c(CCl)c1Cl. The molecule has 1 unspecified atom stereocenters. The fraction of sp³-hybridized carbons (Fsp3) is 0.455. The van der Waals surface area contributed by atoms with Gasteiger partial charge in [0.25, 0.3) is 0 Å². The molecule has 1 aromatic rings. The maximum atomic E-state index is 6.27. The number of alkyl halides is 1. The summed E-state index contributed by atoms with van der Waals surface area (Å²) in [4.78, 5) is 0. The van der Waals surface area contributed by atoms with Gasteiger partial charge in [-0.3, -0.25) is 0 Å². The molecule has 4 heteroatoms. The summed E-state index contributed by atoms with van der Waals surface area (Å²) in [6, 6.07) is 1.98. The molecule has 0 aliphatic heterocycles. The van der Waals surface area contributed by atoms with Crippen LogP contribution in [0.5, 0.6) is 0 Å². The Balaban J connectivity index is 3.36. The zero-order valence-corrected chi connectivity index (χ0v) is 12.4. The number of hydrogen-bond donors (Lipinski definition) is 0. The van der Waals surface area contributed by atoms with Crippen molar-refractivity contribution in [3.63, 3.8) is 0 Å². The molecule has 1 aromatic carbocycles. The molecule has 0 N–H and O–H groups in total. The second-order valence-electron chi connectivity index (χ2n) is 3.50. The number of hydrogen-bond acceptors (Lipinski definition) is 0. The highest BCUT2D eigenvalue weighted by Crippen LogP contribution is 2.39. The van der Waals surface area contributed by atoms with Crippen LogP contribution in [0.2, 0.25) is 10.0 Å². The van der Waals surface area contributed by atoms with E-state index in [2.05, 4.69) is 29.8 Å². The zero-order valence-electron chi connectivity index (χ0n) is 8.58. The molecular weight excluding hydrogens is 318 g/mol. The van der Waals surface area contributed by atoms with Crippen LogP contribution in [0.25, 0.3) is 0 Å². The minimum Gasteiger partial charge on any atom is -0.121 e. The Morgan fingerprint density at radius 1 is 1.33 bits per heavy atom. The van der Waals surface area contributed by atoms with Gasteiger partial charge in [-0.05, 0) is 39.9 Å². The van der Waals surface area contributed by atoms with E-state index >= 15 is 0 Å². The van der Waals surface area contributed by atoms with Crippen LogP contribution in [0, 0.1) is 0 Å². The van der Waals surface area contributed by atoms with Crippen molar-refractivity contribution in [1.82, 2.24) is 0 Å². The molecule has 0 fully saturated rings. The molecule has 0 bridgehead atoms. The molecule has 0 spiro atoms. The van der Waals surface area contributed by atoms with Gasteiger partial charge in [-0.15, -0.1) is 11.6 Å². The topological polar surface area (TPSA) is 0 Å². The van der Waals surface area contributed by atoms with Gasteiger partial charge in [-0.2, -0.15) is 0 Å². The highest BCUT2D eigenvalue weighted by atomic mass is 79.9. The van der Waals surface area contributed by atoms with Crippen LogP contribution < -0.4 is 0 Å². The monoisotopic (exact) mass is 328 g/mol. The molecule has 0 amide bonds. The van der Waals surface area contributed by atoms with Gasteiger partial charge in [0, 0.05) is 10.0 Å². The van der Waals surface area contributed by atoms with Crippen LogP contribution in [0.1, 0.15) is 37.3 Å². The Morgan fingerprint density at radius 2 is 1.93 bits per heavy atom. The van der Waals surface area contributed by atoms with Crippen molar-refractivity contribution in [2.45, 2.75) is 32.1 Å². The Labute approximate surface area is 114 Å². The van der Waals surface area contributed by atoms with Crippen LogP contribution in [-0.4, -0.2) is 0 Å². The first-order chi connectivity index (χ1) is 7.02. The molecule has 1 rings (SSSR count). The maximum absolute atomic E-state index is 6.27. The molecule has 0 saturated carbocycles. The fourth-order valence-electron chi connectivity index (χ4n) is 1.37. The third-order valence-corrected chi connectivity index (χ3v) is 4.55. The van der Waals surface area contributed by atoms with E-state index in [0.717, 1.165) is 22.0 Å². The van der Waals surface area contributed by atoms with E-state index in [4.69, 9.17) is 34.8 Å². The molecule has 0 radical (unpaired) electrons. The summed E-state index contributed by atoms with van der Waals surface area (Å²) in [7, 11) is 0. The Bertz CT molecular complexity index is 363. The lowest BCUT2D eigenvalue weighted by molar-refractivity contribution is 0.732. The molecule has 0 nitrogen and oxygen atoms in total. The van der Waals surface area contributed by atoms with E-state index < -0.39 is 0 Å². The minimum absolute atomic E-state index is 0.334. The summed E-state index contributed by atoms with van der Waals surface area (Å²) in [6.07, 6.45) is 1.04. The molecule has 0 saturated heterocycles. The smallest absolute Gasteiger partial charge is 0.0607 e. The maximum Gasteiger partial charge on any atom is 0.0607 e. The van der Waals surface area contributed by atoms with Gasteiger partial charge in [0.1, 0.15) is 0 Å². The van der Waals surface area contributed by atoms with Crippen LogP contribution in [0.15, 0.2) is 10.5 Å². The summed E-state index contributed by atoms with van der Waals surface area (Å²) in [5, 5.41) is 1.31. The lowest BCUT2D eigenvalue weighted by atomic mass is 9.97. The minimum atomic E-state index is 0.334. The lowest BCUT2D eigenvalue weighted by Gasteiger charge is -2.16. The van der Waals surface area contributed by atoms with E-state index in [1.165, 1.54) is 0 Å². The Hall–Kier alpha value is 0.570. The second kappa shape index (κ2) is 5.77. The van der Waals surface area contributed by atoms with E-state index in [0.29, 0.717) is 21.8 Å². The Morgan fingerprint density at radius 3 is 2.40 bits per heavy atom. The Kier molecular flexibility index (Phi) is 5.24. The van der Waals surface area contributed by atoms with Gasteiger partial charge in [0.15, 0.2) is 0 Å². The van der Waals surface area contributed by atoms with Crippen LogP contribution in [-0.2, 0) is 5.88 Å². The van der Waals surface area contributed by atoms with E-state index in [9.17, 15) is 0 Å². The summed E-state index contributed by atoms with van der Waals surface area (Å²) in [6.45, 7) is 4.27. The van der Waals surface area contributed by atoms with Gasteiger partial charge in [-0.1, -0.05) is 37.0 Å². The highest BCUT2D eigenvalue weighted by molar-refractivity contribution is 9.10. The molecule has 84 valence electrons. The van der Waals surface area contributed by atoms with Gasteiger partial charge in [-0.25, -0.2) is 0 Å². The standard InChI is InChI=1S/C11H12BrCl3/c1-3-6(2)7-4-9(12)11(15)8(5-13)10(7)14/h4,6H,3,5H2,1-2H3. The third-order valence-electron chi connectivity index (χ3n) is 2.55. The molecule has 0 heterocycles. The van der Waals surface area contributed by atoms with Gasteiger partial charge < -0.3 is 0 Å². The van der Waals surface area contributed by atoms with Gasteiger partial charge in [0.2, 0.25) is 0 Å². The van der Waals surface area contributed by atoms with Crippen molar-refractivity contribution in [2.24, 2.45) is 0 Å². The molecule has 15 heavy (non-hydrogen) atoms. The molecule has 1 atom stereocenters. The van der Waals surface area contributed by atoms with E-state index in [-0.39, 0.29) is 0 Å². The third kappa shape index (κ3) is 2.82. The van der Waals surface area contributed by atoms with Crippen molar-refractivity contribution in [3.8, 4) is 0 Å². The highest BCUT2D eigenvalue weighted by Gasteiger charge is 2.16. The first kappa shape index (κ1) is 13.6. The number of halogens is 4. The van der Waals surface area contributed by atoms with Crippen molar-refractivity contribution < 1.29 is 0 Å². The predicted molar refractivity (Wildman–Crippen MR) is 72.4 cm³/mol. The van der Waals surface area contributed by atoms with Crippen molar-refractivity contribution in [1.29, 1.82) is 0 Å². The van der Waals surface area contributed by atoms with Crippen molar-refractivity contribution >= 4 is 50.7 Å².